The van der Waals surface area contributed by atoms with E-state index in [0.717, 1.165) is 18.8 Å². The Kier molecular flexibility index (Phi) is 7.93. The van der Waals surface area contributed by atoms with Gasteiger partial charge in [0.1, 0.15) is 5.82 Å². The molecule has 0 aliphatic heterocycles. The van der Waals surface area contributed by atoms with Crippen LogP contribution in [0.25, 0.3) is 0 Å². The van der Waals surface area contributed by atoms with Crippen LogP contribution in [-0.4, -0.2) is 16.5 Å². The fraction of sp³-hybridized carbons (Fsp3) is 0.714. The topological polar surface area (TPSA) is 57.8 Å². The average molecular weight is 251 g/mol. The number of nitrogens with one attached hydrogen (secondary N) is 2. The first-order chi connectivity index (χ1) is 8.83. The number of anilines is 1. The highest BCUT2D eigenvalue weighted by Crippen LogP contribution is 2.08. The first-order valence-corrected chi connectivity index (χ1v) is 7.12. The lowest BCUT2D eigenvalue weighted by Crippen LogP contribution is -2.13. The van der Waals surface area contributed by atoms with Gasteiger partial charge in [-0.1, -0.05) is 51.9 Å². The number of nitrogens with zero attached hydrogens (tertiary/aromatic N) is 1. The van der Waals surface area contributed by atoms with E-state index in [1.54, 1.807) is 6.07 Å². The van der Waals surface area contributed by atoms with E-state index in [-0.39, 0.29) is 5.69 Å². The number of aromatic nitrogens is 2. The molecule has 0 aliphatic carbocycles. The zero-order valence-electron chi connectivity index (χ0n) is 11.4. The molecule has 1 aromatic heterocycles. The summed E-state index contributed by atoms with van der Waals surface area (Å²) in [7, 11) is 0. The van der Waals surface area contributed by atoms with Gasteiger partial charge in [-0.05, 0) is 12.5 Å². The van der Waals surface area contributed by atoms with E-state index in [0.29, 0.717) is 0 Å². The summed E-state index contributed by atoms with van der Waals surface area (Å²) in [4.78, 5) is 17.2. The summed E-state index contributed by atoms with van der Waals surface area (Å²) in [5, 5.41) is 3.20. The van der Waals surface area contributed by atoms with Crippen molar-refractivity contribution >= 4 is 5.82 Å². The number of hydrogen-bond donors (Lipinski definition) is 2. The fourth-order valence-electron chi connectivity index (χ4n) is 1.95. The van der Waals surface area contributed by atoms with Gasteiger partial charge in [0.25, 0.3) is 0 Å². The SMILES string of the molecule is CCCCCCCCCCNc1ccnc(=O)[nH]1. The van der Waals surface area contributed by atoms with Crippen molar-refractivity contribution in [3.05, 3.63) is 22.7 Å². The molecule has 1 aromatic rings. The molecule has 18 heavy (non-hydrogen) atoms. The first kappa shape index (κ1) is 14.7. The van der Waals surface area contributed by atoms with Gasteiger partial charge in [0, 0.05) is 12.7 Å². The molecule has 4 nitrogen and oxygen atoms in total. The number of H-pyrrole nitrogens is 1. The lowest BCUT2D eigenvalue weighted by molar-refractivity contribution is 0.581. The van der Waals surface area contributed by atoms with E-state index < -0.39 is 0 Å². The van der Waals surface area contributed by atoms with Crippen LogP contribution >= 0.6 is 0 Å². The maximum absolute atomic E-state index is 10.9. The molecule has 0 unspecified atom stereocenters. The van der Waals surface area contributed by atoms with E-state index in [1.807, 2.05) is 0 Å². The predicted molar refractivity (Wildman–Crippen MR) is 76.0 cm³/mol. The maximum atomic E-state index is 10.9. The van der Waals surface area contributed by atoms with Gasteiger partial charge in [-0.2, -0.15) is 0 Å². The zero-order valence-corrected chi connectivity index (χ0v) is 11.4. The highest BCUT2D eigenvalue weighted by molar-refractivity contribution is 5.31. The summed E-state index contributed by atoms with van der Waals surface area (Å²) in [6.45, 7) is 3.16. The van der Waals surface area contributed by atoms with Crippen LogP contribution in [-0.2, 0) is 0 Å². The molecule has 0 saturated heterocycles. The van der Waals surface area contributed by atoms with Crippen molar-refractivity contribution in [1.29, 1.82) is 0 Å². The average Bonchev–Trinajstić information content (AvgIpc) is 2.37. The Morgan fingerprint density at radius 3 is 2.44 bits per heavy atom. The molecule has 0 aromatic carbocycles. The molecule has 1 rings (SSSR count). The third-order valence-electron chi connectivity index (χ3n) is 3.02. The van der Waals surface area contributed by atoms with Gasteiger partial charge in [-0.3, -0.25) is 4.98 Å². The molecule has 0 bridgehead atoms. The van der Waals surface area contributed by atoms with Gasteiger partial charge in [-0.15, -0.1) is 0 Å². The lowest BCUT2D eigenvalue weighted by Gasteiger charge is -2.05. The smallest absolute Gasteiger partial charge is 0.346 e. The van der Waals surface area contributed by atoms with Crippen LogP contribution in [0.4, 0.5) is 5.82 Å². The molecule has 0 radical (unpaired) electrons. The van der Waals surface area contributed by atoms with E-state index in [4.69, 9.17) is 0 Å². The zero-order chi connectivity index (χ0) is 13.1. The molecular weight excluding hydrogens is 226 g/mol. The van der Waals surface area contributed by atoms with E-state index in [2.05, 4.69) is 22.2 Å². The minimum Gasteiger partial charge on any atom is -0.371 e. The second-order valence-electron chi connectivity index (χ2n) is 4.69. The van der Waals surface area contributed by atoms with Crippen molar-refractivity contribution in [3.63, 3.8) is 0 Å². The van der Waals surface area contributed by atoms with Crippen molar-refractivity contribution in [2.24, 2.45) is 0 Å². The molecule has 0 aliphatic rings. The predicted octanol–water partition coefficient (Wildman–Crippen LogP) is 3.32. The Labute approximate surface area is 109 Å². The molecule has 102 valence electrons. The van der Waals surface area contributed by atoms with E-state index in [9.17, 15) is 4.79 Å². The van der Waals surface area contributed by atoms with Gasteiger partial charge in [0.05, 0.1) is 0 Å². The van der Waals surface area contributed by atoms with Crippen molar-refractivity contribution in [2.75, 3.05) is 11.9 Å². The molecular formula is C14H25N3O. The number of rotatable bonds is 10. The molecule has 0 amide bonds. The minimum absolute atomic E-state index is 0.295. The van der Waals surface area contributed by atoms with Crippen LogP contribution in [0, 0.1) is 0 Å². The molecule has 4 heteroatoms. The molecule has 2 N–H and O–H groups in total. The van der Waals surface area contributed by atoms with Crippen LogP contribution < -0.4 is 11.0 Å². The molecule has 0 spiro atoms. The Morgan fingerprint density at radius 1 is 1.11 bits per heavy atom. The second-order valence-corrected chi connectivity index (χ2v) is 4.69. The van der Waals surface area contributed by atoms with Crippen molar-refractivity contribution in [2.45, 2.75) is 58.3 Å². The lowest BCUT2D eigenvalue weighted by atomic mass is 10.1. The van der Waals surface area contributed by atoms with Crippen molar-refractivity contribution in [3.8, 4) is 0 Å². The Bertz CT molecular complexity index is 362. The number of unbranched alkanes of at least 4 members (excludes halogenated alkanes) is 7. The van der Waals surface area contributed by atoms with Gasteiger partial charge >= 0.3 is 5.69 Å². The molecule has 0 fully saturated rings. The fourth-order valence-corrected chi connectivity index (χ4v) is 1.95. The number of aromatic amines is 1. The van der Waals surface area contributed by atoms with Crippen molar-refractivity contribution in [1.82, 2.24) is 9.97 Å². The van der Waals surface area contributed by atoms with Crippen LogP contribution in [0.1, 0.15) is 58.3 Å². The monoisotopic (exact) mass is 251 g/mol. The van der Waals surface area contributed by atoms with Gasteiger partial charge in [0.15, 0.2) is 0 Å². The minimum atomic E-state index is -0.295. The summed E-state index contributed by atoms with van der Waals surface area (Å²) in [5.74, 6) is 0.762. The quantitative estimate of drug-likeness (QED) is 0.627. The molecule has 0 atom stereocenters. The summed E-state index contributed by atoms with van der Waals surface area (Å²) in [6.07, 6.45) is 12.0. The Hall–Kier alpha value is -1.32. The maximum Gasteiger partial charge on any atom is 0.346 e. The van der Waals surface area contributed by atoms with Crippen LogP contribution in [0.5, 0.6) is 0 Å². The van der Waals surface area contributed by atoms with Crippen LogP contribution in [0.3, 0.4) is 0 Å². The van der Waals surface area contributed by atoms with E-state index >= 15 is 0 Å². The molecule has 1 heterocycles. The summed E-state index contributed by atoms with van der Waals surface area (Å²) in [6, 6.07) is 1.78. The van der Waals surface area contributed by atoms with Gasteiger partial charge < -0.3 is 5.32 Å². The summed E-state index contributed by atoms with van der Waals surface area (Å²) in [5.41, 5.74) is -0.295. The highest BCUT2D eigenvalue weighted by Gasteiger charge is 1.94. The second kappa shape index (κ2) is 9.68. The van der Waals surface area contributed by atoms with Crippen molar-refractivity contribution < 1.29 is 0 Å². The van der Waals surface area contributed by atoms with Crippen LogP contribution in [0.15, 0.2) is 17.1 Å². The Morgan fingerprint density at radius 2 is 1.78 bits per heavy atom. The normalized spacial score (nSPS) is 10.5. The summed E-state index contributed by atoms with van der Waals surface area (Å²) >= 11 is 0. The van der Waals surface area contributed by atoms with Gasteiger partial charge in [-0.25, -0.2) is 9.78 Å². The Balaban J connectivity index is 1.94. The standard InChI is InChI=1S/C14H25N3O/c1-2-3-4-5-6-7-8-9-11-15-13-10-12-16-14(18)17-13/h10,12H,2-9,11H2,1H3,(H2,15,16,17,18). The number of hydrogen-bond acceptors (Lipinski definition) is 3. The largest absolute Gasteiger partial charge is 0.371 e. The van der Waals surface area contributed by atoms with Crippen LogP contribution in [0.2, 0.25) is 0 Å². The molecule has 0 saturated carbocycles. The first-order valence-electron chi connectivity index (χ1n) is 7.12. The summed E-state index contributed by atoms with van der Waals surface area (Å²) < 4.78 is 0. The van der Waals surface area contributed by atoms with Gasteiger partial charge in [0.2, 0.25) is 0 Å². The third-order valence-corrected chi connectivity index (χ3v) is 3.02. The van der Waals surface area contributed by atoms with E-state index in [1.165, 1.54) is 51.1 Å². The highest BCUT2D eigenvalue weighted by atomic mass is 16.1. The third kappa shape index (κ3) is 7.09.